The SMILES string of the molecule is COC(=O)c1ccccc1NC(=O)C(C)Cc1ccc(OC)c(OC)c1. The van der Waals surface area contributed by atoms with E-state index in [1.165, 1.54) is 7.11 Å². The molecule has 1 N–H and O–H groups in total. The summed E-state index contributed by atoms with van der Waals surface area (Å²) in [6.45, 7) is 1.83. The second-order valence-corrected chi connectivity index (χ2v) is 5.82. The van der Waals surface area contributed by atoms with E-state index in [0.717, 1.165) is 5.56 Å². The van der Waals surface area contributed by atoms with Gasteiger partial charge in [-0.1, -0.05) is 25.1 Å². The van der Waals surface area contributed by atoms with Gasteiger partial charge in [0.1, 0.15) is 0 Å². The molecule has 2 rings (SSSR count). The fraction of sp³-hybridized carbons (Fsp3) is 0.300. The van der Waals surface area contributed by atoms with Gasteiger partial charge in [0.2, 0.25) is 5.91 Å². The molecule has 0 aliphatic carbocycles. The van der Waals surface area contributed by atoms with Gasteiger partial charge in [-0.3, -0.25) is 4.79 Å². The summed E-state index contributed by atoms with van der Waals surface area (Å²) in [5, 5.41) is 2.80. The fourth-order valence-electron chi connectivity index (χ4n) is 2.59. The summed E-state index contributed by atoms with van der Waals surface area (Å²) < 4.78 is 15.3. The molecule has 0 fully saturated rings. The third kappa shape index (κ3) is 4.53. The monoisotopic (exact) mass is 357 g/mol. The average Bonchev–Trinajstić information content (AvgIpc) is 2.67. The Kier molecular flexibility index (Phi) is 6.60. The number of amides is 1. The van der Waals surface area contributed by atoms with Crippen molar-refractivity contribution in [3.8, 4) is 11.5 Å². The highest BCUT2D eigenvalue weighted by molar-refractivity contribution is 6.01. The number of hydrogen-bond acceptors (Lipinski definition) is 5. The van der Waals surface area contributed by atoms with Gasteiger partial charge in [0.05, 0.1) is 32.6 Å². The van der Waals surface area contributed by atoms with Crippen LogP contribution in [0.15, 0.2) is 42.5 Å². The molecule has 138 valence electrons. The van der Waals surface area contributed by atoms with Crippen LogP contribution < -0.4 is 14.8 Å². The largest absolute Gasteiger partial charge is 0.493 e. The zero-order valence-electron chi connectivity index (χ0n) is 15.4. The summed E-state index contributed by atoms with van der Waals surface area (Å²) in [5.74, 6) is 0.275. The lowest BCUT2D eigenvalue weighted by Crippen LogP contribution is -2.23. The van der Waals surface area contributed by atoms with Crippen LogP contribution in [-0.2, 0) is 16.0 Å². The van der Waals surface area contributed by atoms with E-state index < -0.39 is 5.97 Å². The first-order chi connectivity index (χ1) is 12.5. The summed E-state index contributed by atoms with van der Waals surface area (Å²) in [4.78, 5) is 24.3. The van der Waals surface area contributed by atoms with E-state index in [9.17, 15) is 9.59 Å². The first-order valence-corrected chi connectivity index (χ1v) is 8.19. The van der Waals surface area contributed by atoms with Gasteiger partial charge in [-0.2, -0.15) is 0 Å². The van der Waals surface area contributed by atoms with Crippen molar-refractivity contribution in [1.29, 1.82) is 0 Å². The third-order valence-corrected chi connectivity index (χ3v) is 4.03. The maximum Gasteiger partial charge on any atom is 0.339 e. The third-order valence-electron chi connectivity index (χ3n) is 4.03. The van der Waals surface area contributed by atoms with Crippen molar-refractivity contribution in [3.63, 3.8) is 0 Å². The Morgan fingerprint density at radius 1 is 1.00 bits per heavy atom. The molecule has 0 spiro atoms. The summed E-state index contributed by atoms with van der Waals surface area (Å²) in [7, 11) is 4.45. The summed E-state index contributed by atoms with van der Waals surface area (Å²) in [5.41, 5.74) is 1.71. The van der Waals surface area contributed by atoms with Crippen molar-refractivity contribution in [2.75, 3.05) is 26.6 Å². The molecule has 0 aliphatic rings. The second-order valence-electron chi connectivity index (χ2n) is 5.82. The maximum atomic E-state index is 12.5. The Hall–Kier alpha value is -3.02. The lowest BCUT2D eigenvalue weighted by atomic mass is 9.99. The Morgan fingerprint density at radius 3 is 2.35 bits per heavy atom. The highest BCUT2D eigenvalue weighted by Gasteiger charge is 2.18. The van der Waals surface area contributed by atoms with Gasteiger partial charge >= 0.3 is 5.97 Å². The number of carbonyl (C=O) groups is 2. The average molecular weight is 357 g/mol. The summed E-state index contributed by atoms with van der Waals surface area (Å²) in [6, 6.07) is 12.3. The van der Waals surface area contributed by atoms with Crippen molar-refractivity contribution in [3.05, 3.63) is 53.6 Å². The molecule has 1 unspecified atom stereocenters. The molecule has 0 saturated carbocycles. The molecular weight excluding hydrogens is 334 g/mol. The van der Waals surface area contributed by atoms with Gasteiger partial charge in [-0.15, -0.1) is 0 Å². The number of ether oxygens (including phenoxy) is 3. The predicted molar refractivity (Wildman–Crippen MR) is 98.8 cm³/mol. The van der Waals surface area contributed by atoms with Crippen LogP contribution in [-0.4, -0.2) is 33.2 Å². The molecule has 0 aromatic heterocycles. The number of hydrogen-bond donors (Lipinski definition) is 1. The molecule has 1 atom stereocenters. The number of rotatable bonds is 7. The zero-order chi connectivity index (χ0) is 19.1. The van der Waals surface area contributed by atoms with Crippen LogP contribution in [0.1, 0.15) is 22.8 Å². The molecule has 0 aliphatic heterocycles. The normalized spacial score (nSPS) is 11.4. The molecule has 0 heterocycles. The van der Waals surface area contributed by atoms with Crippen LogP contribution >= 0.6 is 0 Å². The topological polar surface area (TPSA) is 73.9 Å². The number of nitrogens with one attached hydrogen (secondary N) is 1. The van der Waals surface area contributed by atoms with Crippen molar-refractivity contribution in [2.45, 2.75) is 13.3 Å². The van der Waals surface area contributed by atoms with Crippen LogP contribution in [0.25, 0.3) is 0 Å². The van der Waals surface area contributed by atoms with Gasteiger partial charge in [0, 0.05) is 5.92 Å². The van der Waals surface area contributed by atoms with Crippen LogP contribution in [0.5, 0.6) is 11.5 Å². The van der Waals surface area contributed by atoms with Gasteiger partial charge < -0.3 is 19.5 Å². The Balaban J connectivity index is 2.10. The smallest absolute Gasteiger partial charge is 0.339 e. The van der Waals surface area contributed by atoms with Crippen molar-refractivity contribution in [1.82, 2.24) is 0 Å². The number of para-hydroxylation sites is 1. The number of esters is 1. The van der Waals surface area contributed by atoms with Crippen LogP contribution in [0.4, 0.5) is 5.69 Å². The molecule has 6 nitrogen and oxygen atoms in total. The van der Waals surface area contributed by atoms with Crippen molar-refractivity contribution < 1.29 is 23.8 Å². The minimum absolute atomic E-state index is 0.184. The number of anilines is 1. The molecular formula is C20H23NO5. The number of methoxy groups -OCH3 is 3. The number of carbonyl (C=O) groups excluding carboxylic acids is 2. The second kappa shape index (κ2) is 8.89. The molecule has 0 bridgehead atoms. The lowest BCUT2D eigenvalue weighted by molar-refractivity contribution is -0.119. The van der Waals surface area contributed by atoms with E-state index in [1.807, 2.05) is 25.1 Å². The van der Waals surface area contributed by atoms with Gasteiger partial charge in [-0.05, 0) is 36.2 Å². The maximum absolute atomic E-state index is 12.5. The molecule has 0 saturated heterocycles. The van der Waals surface area contributed by atoms with Crippen LogP contribution in [0, 0.1) is 5.92 Å². The zero-order valence-corrected chi connectivity index (χ0v) is 15.4. The number of benzene rings is 2. The Morgan fingerprint density at radius 2 is 1.69 bits per heavy atom. The van der Waals surface area contributed by atoms with Crippen molar-refractivity contribution >= 4 is 17.6 Å². The van der Waals surface area contributed by atoms with Crippen LogP contribution in [0.2, 0.25) is 0 Å². The van der Waals surface area contributed by atoms with E-state index >= 15 is 0 Å². The fourth-order valence-corrected chi connectivity index (χ4v) is 2.59. The molecule has 2 aromatic carbocycles. The molecule has 0 radical (unpaired) electrons. The quantitative estimate of drug-likeness (QED) is 0.770. The highest BCUT2D eigenvalue weighted by atomic mass is 16.5. The van der Waals surface area contributed by atoms with E-state index in [4.69, 9.17) is 14.2 Å². The minimum atomic E-state index is -0.492. The highest BCUT2D eigenvalue weighted by Crippen LogP contribution is 2.28. The Bertz CT molecular complexity index is 788. The van der Waals surface area contributed by atoms with Crippen LogP contribution in [0.3, 0.4) is 0 Å². The first kappa shape index (κ1) is 19.3. The molecule has 26 heavy (non-hydrogen) atoms. The van der Waals surface area contributed by atoms with E-state index in [2.05, 4.69) is 5.32 Å². The van der Waals surface area contributed by atoms with E-state index in [1.54, 1.807) is 38.5 Å². The van der Waals surface area contributed by atoms with E-state index in [0.29, 0.717) is 29.2 Å². The van der Waals surface area contributed by atoms with E-state index in [-0.39, 0.29) is 11.8 Å². The molecule has 2 aromatic rings. The summed E-state index contributed by atoms with van der Waals surface area (Å²) >= 11 is 0. The lowest BCUT2D eigenvalue weighted by Gasteiger charge is -2.15. The summed E-state index contributed by atoms with van der Waals surface area (Å²) in [6.07, 6.45) is 0.520. The first-order valence-electron chi connectivity index (χ1n) is 8.19. The standard InChI is InChI=1S/C20H23NO5/c1-13(11-14-9-10-17(24-2)18(12-14)25-3)19(22)21-16-8-6-5-7-15(16)20(23)26-4/h5-10,12-13H,11H2,1-4H3,(H,21,22). The van der Waals surface area contributed by atoms with Gasteiger partial charge in [0.15, 0.2) is 11.5 Å². The molecule has 6 heteroatoms. The van der Waals surface area contributed by atoms with Crippen molar-refractivity contribution in [2.24, 2.45) is 5.92 Å². The molecule has 1 amide bonds. The Labute approximate surface area is 153 Å². The minimum Gasteiger partial charge on any atom is -0.493 e. The predicted octanol–water partition coefficient (Wildman–Crippen LogP) is 3.31. The van der Waals surface area contributed by atoms with Gasteiger partial charge in [-0.25, -0.2) is 4.79 Å². The van der Waals surface area contributed by atoms with Gasteiger partial charge in [0.25, 0.3) is 0 Å².